The number of esters is 1. The van der Waals surface area contributed by atoms with Crippen molar-refractivity contribution in [3.05, 3.63) is 41.9 Å². The van der Waals surface area contributed by atoms with Crippen LogP contribution in [0.5, 0.6) is 0 Å². The van der Waals surface area contributed by atoms with Crippen molar-refractivity contribution >= 4 is 17.7 Å². The van der Waals surface area contributed by atoms with E-state index in [-0.39, 0.29) is 17.9 Å². The number of hydrogen-bond acceptors (Lipinski definition) is 6. The maximum Gasteiger partial charge on any atom is 0.414 e. The smallest absolute Gasteiger partial charge is 0.414 e. The molecule has 138 valence electrons. The molecule has 0 spiro atoms. The fourth-order valence-electron chi connectivity index (χ4n) is 3.92. The molecule has 1 saturated heterocycles. The Morgan fingerprint density at radius 3 is 2.73 bits per heavy atom. The van der Waals surface area contributed by atoms with E-state index in [4.69, 9.17) is 18.9 Å². The highest BCUT2D eigenvalue weighted by molar-refractivity contribution is 5.89. The molecule has 4 rings (SSSR count). The van der Waals surface area contributed by atoms with Crippen LogP contribution in [-0.2, 0) is 23.7 Å². The average Bonchev–Trinajstić information content (AvgIpc) is 3.17. The lowest BCUT2D eigenvalue weighted by atomic mass is 9.82. The second-order valence-electron chi connectivity index (χ2n) is 6.76. The SMILES string of the molecule is COC(=O)C1=COC(OC(=O)Nc2ccc(F)cc2)C2C1CC1O[C@@]12C. The van der Waals surface area contributed by atoms with Crippen molar-refractivity contribution in [3.8, 4) is 0 Å². The molecule has 3 aliphatic rings. The van der Waals surface area contributed by atoms with Crippen LogP contribution < -0.4 is 5.32 Å². The quantitative estimate of drug-likeness (QED) is 0.656. The van der Waals surface area contributed by atoms with E-state index in [2.05, 4.69) is 5.32 Å². The van der Waals surface area contributed by atoms with Crippen molar-refractivity contribution < 1.29 is 32.9 Å². The van der Waals surface area contributed by atoms with Crippen molar-refractivity contribution in [3.63, 3.8) is 0 Å². The van der Waals surface area contributed by atoms with Gasteiger partial charge in [0.2, 0.25) is 0 Å². The van der Waals surface area contributed by atoms with Gasteiger partial charge in [0.25, 0.3) is 6.29 Å². The summed E-state index contributed by atoms with van der Waals surface area (Å²) in [7, 11) is 1.31. The number of benzene rings is 1. The van der Waals surface area contributed by atoms with Crippen LogP contribution in [0.4, 0.5) is 14.9 Å². The third kappa shape index (κ3) is 2.70. The van der Waals surface area contributed by atoms with Crippen LogP contribution in [0.3, 0.4) is 0 Å². The lowest BCUT2D eigenvalue weighted by molar-refractivity contribution is -0.149. The third-order valence-electron chi connectivity index (χ3n) is 5.30. The van der Waals surface area contributed by atoms with Crippen LogP contribution in [0, 0.1) is 17.7 Å². The highest BCUT2D eigenvalue weighted by atomic mass is 19.1. The summed E-state index contributed by atoms with van der Waals surface area (Å²) in [5, 5.41) is 2.52. The average molecular weight is 363 g/mol. The number of rotatable bonds is 3. The zero-order chi connectivity index (χ0) is 18.5. The number of ether oxygens (including phenoxy) is 4. The van der Waals surface area contributed by atoms with Gasteiger partial charge in [-0.2, -0.15) is 0 Å². The molecule has 1 aromatic rings. The number of hydrogen-bond donors (Lipinski definition) is 1. The minimum Gasteiger partial charge on any atom is -0.466 e. The molecule has 7 nitrogen and oxygen atoms in total. The van der Waals surface area contributed by atoms with Gasteiger partial charge in [-0.25, -0.2) is 14.0 Å². The molecule has 1 aromatic carbocycles. The topological polar surface area (TPSA) is 86.4 Å². The zero-order valence-corrected chi connectivity index (χ0v) is 14.2. The molecule has 2 fully saturated rings. The maximum atomic E-state index is 12.9. The van der Waals surface area contributed by atoms with E-state index in [1.54, 1.807) is 0 Å². The summed E-state index contributed by atoms with van der Waals surface area (Å²) in [4.78, 5) is 24.2. The van der Waals surface area contributed by atoms with E-state index in [0.717, 1.165) is 0 Å². The monoisotopic (exact) mass is 363 g/mol. The molecule has 8 heteroatoms. The van der Waals surface area contributed by atoms with Crippen molar-refractivity contribution in [2.75, 3.05) is 12.4 Å². The Hall–Kier alpha value is -2.61. The molecule has 2 aliphatic heterocycles. The molecule has 0 radical (unpaired) electrons. The normalized spacial score (nSPS) is 33.9. The van der Waals surface area contributed by atoms with E-state index in [0.29, 0.717) is 17.7 Å². The molecule has 1 aliphatic carbocycles. The standard InChI is InChI=1S/C18H18FNO6/c1-18-13(26-18)7-11-12(15(21)23-2)8-24-16(14(11)18)25-17(22)20-10-5-3-9(19)4-6-10/h3-6,8,11,13-14,16H,7H2,1-2H3,(H,20,22)/t11?,13?,14?,16?,18-/m0/s1. The molecule has 26 heavy (non-hydrogen) atoms. The van der Waals surface area contributed by atoms with Crippen molar-refractivity contribution in [1.82, 2.24) is 0 Å². The van der Waals surface area contributed by atoms with Crippen LogP contribution in [0.15, 0.2) is 36.1 Å². The fourth-order valence-corrected chi connectivity index (χ4v) is 3.92. The van der Waals surface area contributed by atoms with Gasteiger partial charge in [-0.1, -0.05) is 0 Å². The van der Waals surface area contributed by atoms with Crippen LogP contribution in [0.25, 0.3) is 0 Å². The predicted molar refractivity (Wildman–Crippen MR) is 86.4 cm³/mol. The lowest BCUT2D eigenvalue weighted by Gasteiger charge is -2.35. The number of epoxide rings is 1. The Balaban J connectivity index is 1.49. The number of halogens is 1. The van der Waals surface area contributed by atoms with E-state index >= 15 is 0 Å². The summed E-state index contributed by atoms with van der Waals surface area (Å²) in [6.45, 7) is 1.92. The van der Waals surface area contributed by atoms with E-state index in [9.17, 15) is 14.0 Å². The van der Waals surface area contributed by atoms with Gasteiger partial charge in [-0.05, 0) is 37.6 Å². The summed E-state index contributed by atoms with van der Waals surface area (Å²) in [6.07, 6.45) is 0.315. The lowest BCUT2D eigenvalue weighted by Crippen LogP contribution is -2.43. The van der Waals surface area contributed by atoms with Crippen LogP contribution in [-0.4, -0.2) is 37.2 Å². The van der Waals surface area contributed by atoms with Gasteiger partial charge >= 0.3 is 12.1 Å². The van der Waals surface area contributed by atoms with Crippen molar-refractivity contribution in [1.29, 1.82) is 0 Å². The number of nitrogens with one attached hydrogen (secondary N) is 1. The summed E-state index contributed by atoms with van der Waals surface area (Å²) in [5.41, 5.74) is 0.319. The van der Waals surface area contributed by atoms with Gasteiger partial charge < -0.3 is 18.9 Å². The summed E-state index contributed by atoms with van der Waals surface area (Å²) < 4.78 is 34.4. The zero-order valence-electron chi connectivity index (χ0n) is 14.2. The fraction of sp³-hybridized carbons (Fsp3) is 0.444. The number of carbonyl (C=O) groups is 2. The molecule has 1 saturated carbocycles. The molecular formula is C18H18FNO6. The van der Waals surface area contributed by atoms with E-state index in [1.807, 2.05) is 6.92 Å². The first kappa shape index (κ1) is 16.8. The summed E-state index contributed by atoms with van der Waals surface area (Å²) in [5.74, 6) is -1.34. The van der Waals surface area contributed by atoms with Gasteiger partial charge in [0, 0.05) is 11.6 Å². The van der Waals surface area contributed by atoms with Gasteiger partial charge in [0.15, 0.2) is 0 Å². The largest absolute Gasteiger partial charge is 0.466 e. The molecule has 5 atom stereocenters. The Kier molecular flexibility index (Phi) is 3.87. The van der Waals surface area contributed by atoms with Gasteiger partial charge in [-0.3, -0.25) is 5.32 Å². The van der Waals surface area contributed by atoms with Crippen molar-refractivity contribution in [2.45, 2.75) is 31.3 Å². The number of carbonyl (C=O) groups excluding carboxylic acids is 2. The van der Waals surface area contributed by atoms with Crippen LogP contribution >= 0.6 is 0 Å². The van der Waals surface area contributed by atoms with Gasteiger partial charge in [-0.15, -0.1) is 0 Å². The second kappa shape index (κ2) is 5.98. The Bertz CT molecular complexity index is 778. The molecule has 1 amide bonds. The molecule has 0 aromatic heterocycles. The first-order valence-electron chi connectivity index (χ1n) is 8.27. The summed E-state index contributed by atoms with van der Waals surface area (Å²) in [6, 6.07) is 5.31. The molecular weight excluding hydrogens is 345 g/mol. The second-order valence-corrected chi connectivity index (χ2v) is 6.76. The van der Waals surface area contributed by atoms with Gasteiger partial charge in [0.05, 0.1) is 31.0 Å². The number of methoxy groups -OCH3 is 1. The first-order chi connectivity index (χ1) is 12.4. The Morgan fingerprint density at radius 2 is 2.04 bits per heavy atom. The molecule has 4 unspecified atom stereocenters. The van der Waals surface area contributed by atoms with Gasteiger partial charge in [0.1, 0.15) is 11.4 Å². The number of fused-ring (bicyclic) bond motifs is 3. The van der Waals surface area contributed by atoms with Crippen molar-refractivity contribution in [2.24, 2.45) is 11.8 Å². The first-order valence-corrected chi connectivity index (χ1v) is 8.27. The molecule has 1 N–H and O–H groups in total. The Morgan fingerprint density at radius 1 is 1.31 bits per heavy atom. The predicted octanol–water partition coefficient (Wildman–Crippen LogP) is 2.58. The van der Waals surface area contributed by atoms with E-state index in [1.165, 1.54) is 37.6 Å². The van der Waals surface area contributed by atoms with Crippen LogP contribution in [0.1, 0.15) is 13.3 Å². The minimum absolute atomic E-state index is 0.00137. The maximum absolute atomic E-state index is 12.9. The number of amides is 1. The number of anilines is 1. The van der Waals surface area contributed by atoms with Crippen LogP contribution in [0.2, 0.25) is 0 Å². The molecule has 2 heterocycles. The minimum atomic E-state index is -0.897. The summed E-state index contributed by atoms with van der Waals surface area (Å²) >= 11 is 0. The van der Waals surface area contributed by atoms with E-state index < -0.39 is 29.8 Å². The highest BCUT2D eigenvalue weighted by Gasteiger charge is 2.71. The molecule has 0 bridgehead atoms. The third-order valence-corrected chi connectivity index (χ3v) is 5.30. The Labute approximate surface area is 149 Å². The highest BCUT2D eigenvalue weighted by Crippen LogP contribution is 2.61.